The minimum Gasteiger partial charge on any atom is -0.444 e. The topological polar surface area (TPSA) is 71.7 Å². The molecule has 2 heterocycles. The van der Waals surface area contributed by atoms with E-state index in [0.717, 1.165) is 18.9 Å². The van der Waals surface area contributed by atoms with Crippen LogP contribution in [0, 0.1) is 0 Å². The van der Waals surface area contributed by atoms with Gasteiger partial charge in [-0.2, -0.15) is 4.98 Å². The van der Waals surface area contributed by atoms with E-state index >= 15 is 0 Å². The molecule has 1 aromatic heterocycles. The van der Waals surface area contributed by atoms with Crippen molar-refractivity contribution in [1.29, 1.82) is 0 Å². The van der Waals surface area contributed by atoms with Crippen molar-refractivity contribution in [3.05, 3.63) is 11.7 Å². The summed E-state index contributed by atoms with van der Waals surface area (Å²) in [4.78, 5) is 20.6. The fraction of sp³-hybridized carbons (Fsp3) is 0.812. The first-order chi connectivity index (χ1) is 10.7. The fourth-order valence-corrected chi connectivity index (χ4v) is 2.53. The molecule has 1 saturated heterocycles. The van der Waals surface area contributed by atoms with Crippen LogP contribution in [0.5, 0.6) is 0 Å². The number of carbonyl (C=O) groups is 1. The summed E-state index contributed by atoms with van der Waals surface area (Å²) in [5.41, 5.74) is -0.467. The van der Waals surface area contributed by atoms with E-state index in [9.17, 15) is 4.79 Å². The van der Waals surface area contributed by atoms with Gasteiger partial charge in [0.05, 0.1) is 6.54 Å². The van der Waals surface area contributed by atoms with Gasteiger partial charge in [0.1, 0.15) is 5.60 Å². The van der Waals surface area contributed by atoms with Crippen LogP contribution in [0.25, 0.3) is 0 Å². The van der Waals surface area contributed by atoms with Crippen LogP contribution in [-0.4, -0.2) is 57.3 Å². The van der Waals surface area contributed by atoms with Gasteiger partial charge in [0.25, 0.3) is 0 Å². The van der Waals surface area contributed by atoms with E-state index in [2.05, 4.69) is 15.0 Å². The van der Waals surface area contributed by atoms with Crippen LogP contribution in [0.1, 0.15) is 59.2 Å². The number of aromatic nitrogens is 2. The molecule has 1 aromatic rings. The molecule has 0 saturated carbocycles. The van der Waals surface area contributed by atoms with E-state index < -0.39 is 5.60 Å². The average molecular weight is 324 g/mol. The molecule has 7 heteroatoms. The Kier molecular flexibility index (Phi) is 5.29. The summed E-state index contributed by atoms with van der Waals surface area (Å²) >= 11 is 0. The van der Waals surface area contributed by atoms with Crippen molar-refractivity contribution in [2.45, 2.75) is 65.6 Å². The molecule has 0 aromatic carbocycles. The van der Waals surface area contributed by atoms with Crippen LogP contribution >= 0.6 is 0 Å². The predicted molar refractivity (Wildman–Crippen MR) is 86.1 cm³/mol. The van der Waals surface area contributed by atoms with Crippen molar-refractivity contribution in [3.8, 4) is 0 Å². The molecule has 1 amide bonds. The molecule has 2 rings (SSSR count). The number of hydrogen-bond donors (Lipinski definition) is 0. The molecule has 7 nitrogen and oxygen atoms in total. The van der Waals surface area contributed by atoms with Gasteiger partial charge in [-0.05, 0) is 27.7 Å². The largest absolute Gasteiger partial charge is 0.444 e. The number of carbonyl (C=O) groups excluding carboxylic acids is 1. The quantitative estimate of drug-likeness (QED) is 0.851. The molecule has 0 N–H and O–H groups in total. The lowest BCUT2D eigenvalue weighted by molar-refractivity contribution is -0.000450. The van der Waals surface area contributed by atoms with E-state index in [1.165, 1.54) is 0 Å². The third-order valence-electron chi connectivity index (χ3n) is 3.70. The summed E-state index contributed by atoms with van der Waals surface area (Å²) in [5.74, 6) is 1.63. The molecule has 0 bridgehead atoms. The van der Waals surface area contributed by atoms with Crippen molar-refractivity contribution in [3.63, 3.8) is 0 Å². The summed E-state index contributed by atoms with van der Waals surface area (Å²) < 4.78 is 10.8. The number of amides is 1. The van der Waals surface area contributed by atoms with E-state index in [4.69, 9.17) is 9.26 Å². The molecule has 1 atom stereocenters. The van der Waals surface area contributed by atoms with Crippen LogP contribution < -0.4 is 0 Å². The van der Waals surface area contributed by atoms with Crippen molar-refractivity contribution in [2.24, 2.45) is 0 Å². The Labute approximate surface area is 138 Å². The highest BCUT2D eigenvalue weighted by Crippen LogP contribution is 2.17. The van der Waals surface area contributed by atoms with Gasteiger partial charge in [-0.25, -0.2) is 4.79 Å². The van der Waals surface area contributed by atoms with E-state index in [1.54, 1.807) is 4.90 Å². The second-order valence-electron chi connectivity index (χ2n) is 7.46. The normalized spacial score (nSPS) is 20.1. The van der Waals surface area contributed by atoms with Gasteiger partial charge in [-0.3, -0.25) is 4.90 Å². The summed E-state index contributed by atoms with van der Waals surface area (Å²) in [6.45, 7) is 14.5. The Balaban J connectivity index is 1.89. The monoisotopic (exact) mass is 324 g/mol. The van der Waals surface area contributed by atoms with Gasteiger partial charge >= 0.3 is 6.09 Å². The highest BCUT2D eigenvalue weighted by molar-refractivity contribution is 5.68. The van der Waals surface area contributed by atoms with E-state index in [0.29, 0.717) is 19.0 Å². The van der Waals surface area contributed by atoms with Crippen molar-refractivity contribution in [2.75, 3.05) is 19.6 Å². The van der Waals surface area contributed by atoms with Gasteiger partial charge in [-0.15, -0.1) is 0 Å². The Morgan fingerprint density at radius 3 is 2.61 bits per heavy atom. The molecule has 1 fully saturated rings. The molecule has 23 heavy (non-hydrogen) atoms. The van der Waals surface area contributed by atoms with Gasteiger partial charge in [0, 0.05) is 31.6 Å². The maximum Gasteiger partial charge on any atom is 0.410 e. The Morgan fingerprint density at radius 2 is 2.09 bits per heavy atom. The summed E-state index contributed by atoms with van der Waals surface area (Å²) in [7, 11) is 0. The van der Waals surface area contributed by atoms with Crippen LogP contribution in [0.15, 0.2) is 4.52 Å². The van der Waals surface area contributed by atoms with Gasteiger partial charge < -0.3 is 14.2 Å². The third kappa shape index (κ3) is 4.92. The maximum absolute atomic E-state index is 12.2. The van der Waals surface area contributed by atoms with E-state index in [1.807, 2.05) is 41.5 Å². The zero-order valence-corrected chi connectivity index (χ0v) is 15.0. The molecular formula is C16H28N4O3. The summed E-state index contributed by atoms with van der Waals surface area (Å²) in [6.07, 6.45) is -0.246. The fourth-order valence-electron chi connectivity index (χ4n) is 2.53. The lowest BCUT2D eigenvalue weighted by Crippen LogP contribution is -2.54. The maximum atomic E-state index is 12.2. The molecule has 130 valence electrons. The number of ether oxygens (including phenoxy) is 1. The van der Waals surface area contributed by atoms with E-state index in [-0.39, 0.29) is 18.1 Å². The number of rotatable bonds is 3. The standard InChI is InChI=1S/C16H28N4O3/c1-11(2)14-17-13(23-18-14)10-19-7-8-20(12(3)9-19)15(21)22-16(4,5)6/h11-12H,7-10H2,1-6H3. The average Bonchev–Trinajstić information content (AvgIpc) is 2.85. The lowest BCUT2D eigenvalue weighted by Gasteiger charge is -2.39. The smallest absolute Gasteiger partial charge is 0.410 e. The van der Waals surface area contributed by atoms with Crippen LogP contribution in [0.4, 0.5) is 4.79 Å². The van der Waals surface area contributed by atoms with Crippen LogP contribution in [0.3, 0.4) is 0 Å². The first kappa shape index (κ1) is 17.7. The molecule has 1 aliphatic rings. The molecular weight excluding hydrogens is 296 g/mol. The van der Waals surface area contributed by atoms with Crippen molar-refractivity contribution < 1.29 is 14.1 Å². The Bertz CT molecular complexity index is 536. The number of hydrogen-bond acceptors (Lipinski definition) is 6. The Hall–Kier alpha value is -1.63. The first-order valence-electron chi connectivity index (χ1n) is 8.20. The third-order valence-corrected chi connectivity index (χ3v) is 3.70. The first-order valence-corrected chi connectivity index (χ1v) is 8.20. The second-order valence-corrected chi connectivity index (χ2v) is 7.46. The summed E-state index contributed by atoms with van der Waals surface area (Å²) in [6, 6.07) is 0.0890. The minimum absolute atomic E-state index is 0.0890. The van der Waals surface area contributed by atoms with Crippen LogP contribution in [-0.2, 0) is 11.3 Å². The highest BCUT2D eigenvalue weighted by atomic mass is 16.6. The summed E-state index contributed by atoms with van der Waals surface area (Å²) in [5, 5.41) is 3.99. The highest BCUT2D eigenvalue weighted by Gasteiger charge is 2.31. The zero-order valence-electron chi connectivity index (χ0n) is 15.0. The number of nitrogens with zero attached hydrogens (tertiary/aromatic N) is 4. The molecule has 1 aliphatic heterocycles. The van der Waals surface area contributed by atoms with Gasteiger partial charge in [0.15, 0.2) is 5.82 Å². The zero-order chi connectivity index (χ0) is 17.2. The minimum atomic E-state index is -0.467. The molecule has 0 radical (unpaired) electrons. The Morgan fingerprint density at radius 1 is 1.39 bits per heavy atom. The van der Waals surface area contributed by atoms with Crippen LogP contribution in [0.2, 0.25) is 0 Å². The molecule has 1 unspecified atom stereocenters. The van der Waals surface area contributed by atoms with Crippen molar-refractivity contribution >= 4 is 6.09 Å². The second kappa shape index (κ2) is 6.86. The van der Waals surface area contributed by atoms with Crippen molar-refractivity contribution in [1.82, 2.24) is 19.9 Å². The van der Waals surface area contributed by atoms with Gasteiger partial charge in [-0.1, -0.05) is 19.0 Å². The van der Waals surface area contributed by atoms with Gasteiger partial charge in [0.2, 0.25) is 5.89 Å². The SMILES string of the molecule is CC(C)c1noc(CN2CCN(C(=O)OC(C)(C)C)C(C)C2)n1. The molecule has 0 spiro atoms. The molecule has 0 aliphatic carbocycles. The number of piperazine rings is 1. The predicted octanol–water partition coefficient (Wildman–Crippen LogP) is 2.63. The lowest BCUT2D eigenvalue weighted by atomic mass is 10.2.